The van der Waals surface area contributed by atoms with Crippen molar-refractivity contribution in [2.45, 2.75) is 51.3 Å². The van der Waals surface area contributed by atoms with Crippen molar-refractivity contribution >= 4 is 11.6 Å². The summed E-state index contributed by atoms with van der Waals surface area (Å²) >= 11 is 6.52. The molecule has 2 aliphatic carbocycles. The van der Waals surface area contributed by atoms with Gasteiger partial charge >= 0.3 is 0 Å². The van der Waals surface area contributed by atoms with Crippen LogP contribution in [0.2, 0.25) is 0 Å². The predicted molar refractivity (Wildman–Crippen MR) is 53.5 cm³/mol. The van der Waals surface area contributed by atoms with Gasteiger partial charge in [-0.25, -0.2) is 0 Å². The van der Waals surface area contributed by atoms with Crippen molar-refractivity contribution < 1.29 is 0 Å². The summed E-state index contributed by atoms with van der Waals surface area (Å²) in [5.74, 6) is 1.76. The van der Waals surface area contributed by atoms with E-state index in [0.717, 1.165) is 11.8 Å². The summed E-state index contributed by atoms with van der Waals surface area (Å²) < 4.78 is 0. The molecule has 0 aromatic carbocycles. The van der Waals surface area contributed by atoms with Crippen molar-refractivity contribution in [3.8, 4) is 0 Å². The largest absolute Gasteiger partial charge is 0.122 e. The number of halogens is 1. The lowest BCUT2D eigenvalue weighted by atomic mass is 9.89. The number of rotatable bonds is 1. The zero-order chi connectivity index (χ0) is 8.77. The van der Waals surface area contributed by atoms with E-state index >= 15 is 0 Å². The molecule has 4 atom stereocenters. The van der Waals surface area contributed by atoms with Gasteiger partial charge in [-0.15, -0.1) is 11.6 Å². The second kappa shape index (κ2) is 2.90. The van der Waals surface area contributed by atoms with Gasteiger partial charge in [0.2, 0.25) is 0 Å². The lowest BCUT2D eigenvalue weighted by Crippen LogP contribution is -2.22. The Hall–Kier alpha value is 0.290. The van der Waals surface area contributed by atoms with Crippen molar-refractivity contribution in [2.75, 3.05) is 0 Å². The third-order valence-electron chi connectivity index (χ3n) is 4.15. The second-order valence-corrected chi connectivity index (χ2v) is 5.38. The van der Waals surface area contributed by atoms with Gasteiger partial charge in [0.15, 0.2) is 0 Å². The Morgan fingerprint density at radius 1 is 1.42 bits per heavy atom. The third-order valence-corrected chi connectivity index (χ3v) is 5.01. The molecule has 0 nitrogen and oxygen atoms in total. The predicted octanol–water partition coefficient (Wildman–Crippen LogP) is 3.83. The highest BCUT2D eigenvalue weighted by Crippen LogP contribution is 2.62. The summed E-state index contributed by atoms with van der Waals surface area (Å²) in [6.07, 6.45) is 6.91. The average molecular weight is 187 g/mol. The van der Waals surface area contributed by atoms with E-state index in [1.54, 1.807) is 0 Å². The van der Waals surface area contributed by atoms with Crippen molar-refractivity contribution in [3.05, 3.63) is 0 Å². The smallest absolute Gasteiger partial charge is 0.0420 e. The molecule has 70 valence electrons. The fourth-order valence-corrected chi connectivity index (χ4v) is 3.54. The van der Waals surface area contributed by atoms with Gasteiger partial charge in [-0.1, -0.05) is 26.7 Å². The first kappa shape index (κ1) is 8.87. The minimum Gasteiger partial charge on any atom is -0.122 e. The van der Waals surface area contributed by atoms with E-state index in [4.69, 9.17) is 11.6 Å². The summed E-state index contributed by atoms with van der Waals surface area (Å²) in [4.78, 5) is 0. The molecule has 2 rings (SSSR count). The van der Waals surface area contributed by atoms with Gasteiger partial charge in [-0.2, -0.15) is 0 Å². The van der Waals surface area contributed by atoms with Crippen LogP contribution in [0.4, 0.5) is 0 Å². The van der Waals surface area contributed by atoms with Crippen molar-refractivity contribution in [1.29, 1.82) is 0 Å². The van der Waals surface area contributed by atoms with Crippen LogP contribution in [-0.2, 0) is 0 Å². The summed E-state index contributed by atoms with van der Waals surface area (Å²) in [7, 11) is 0. The lowest BCUT2D eigenvalue weighted by Gasteiger charge is -2.24. The van der Waals surface area contributed by atoms with Crippen molar-refractivity contribution in [3.63, 3.8) is 0 Å². The van der Waals surface area contributed by atoms with E-state index in [1.165, 1.54) is 32.1 Å². The molecule has 3 unspecified atom stereocenters. The van der Waals surface area contributed by atoms with Gasteiger partial charge in [0.05, 0.1) is 0 Å². The molecule has 0 saturated heterocycles. The topological polar surface area (TPSA) is 0 Å². The van der Waals surface area contributed by atoms with E-state index < -0.39 is 0 Å². The zero-order valence-electron chi connectivity index (χ0n) is 8.15. The van der Waals surface area contributed by atoms with E-state index in [-0.39, 0.29) is 0 Å². The normalized spacial score (nSPS) is 52.8. The fraction of sp³-hybridized carbons (Fsp3) is 1.00. The van der Waals surface area contributed by atoms with Gasteiger partial charge in [-0.05, 0) is 36.5 Å². The lowest BCUT2D eigenvalue weighted by molar-refractivity contribution is 0.364. The summed E-state index contributed by atoms with van der Waals surface area (Å²) in [6.45, 7) is 4.68. The van der Waals surface area contributed by atoms with Crippen molar-refractivity contribution in [2.24, 2.45) is 17.3 Å². The molecule has 12 heavy (non-hydrogen) atoms. The molecule has 2 fully saturated rings. The second-order valence-electron chi connectivity index (χ2n) is 4.91. The van der Waals surface area contributed by atoms with E-state index in [0.29, 0.717) is 10.8 Å². The van der Waals surface area contributed by atoms with E-state index in [1.807, 2.05) is 0 Å². The standard InChI is InChI=1S/C11H19Cl/c1-3-8-5-4-6-9-7-11(9,2)10(8)12/h8-10H,3-7H2,1-2H3/t8-,9?,10?,11?/m1/s1. The molecule has 0 spiro atoms. The minimum absolute atomic E-state index is 0.468. The molecular formula is C11H19Cl. The van der Waals surface area contributed by atoms with Crippen LogP contribution in [0.5, 0.6) is 0 Å². The van der Waals surface area contributed by atoms with Gasteiger partial charge < -0.3 is 0 Å². The molecule has 0 aliphatic heterocycles. The maximum absolute atomic E-state index is 6.52. The molecule has 1 heteroatoms. The molecule has 0 bridgehead atoms. The Balaban J connectivity index is 2.10. The number of hydrogen-bond donors (Lipinski definition) is 0. The molecule has 0 aromatic rings. The van der Waals surface area contributed by atoms with Crippen LogP contribution in [0.15, 0.2) is 0 Å². The first-order chi connectivity index (χ1) is 5.68. The third kappa shape index (κ3) is 1.19. The van der Waals surface area contributed by atoms with Crippen LogP contribution in [0.1, 0.15) is 46.0 Å². The fourth-order valence-electron chi connectivity index (χ4n) is 2.96. The van der Waals surface area contributed by atoms with Gasteiger partial charge in [0.25, 0.3) is 0 Å². The Labute approximate surface area is 80.7 Å². The Bertz CT molecular complexity index is 176. The average Bonchev–Trinajstić information content (AvgIpc) is 2.71. The summed E-state index contributed by atoms with van der Waals surface area (Å²) in [6, 6.07) is 0. The zero-order valence-corrected chi connectivity index (χ0v) is 8.90. The highest BCUT2D eigenvalue weighted by Gasteiger charge is 2.56. The van der Waals surface area contributed by atoms with Crippen LogP contribution in [0.25, 0.3) is 0 Å². The van der Waals surface area contributed by atoms with Crippen LogP contribution in [-0.4, -0.2) is 5.38 Å². The Morgan fingerprint density at radius 3 is 2.83 bits per heavy atom. The monoisotopic (exact) mass is 186 g/mol. The highest BCUT2D eigenvalue weighted by atomic mass is 35.5. The van der Waals surface area contributed by atoms with Gasteiger partial charge in [0.1, 0.15) is 0 Å². The molecule has 0 aromatic heterocycles. The molecule has 2 saturated carbocycles. The van der Waals surface area contributed by atoms with E-state index in [2.05, 4.69) is 13.8 Å². The van der Waals surface area contributed by atoms with Crippen LogP contribution < -0.4 is 0 Å². The first-order valence-corrected chi connectivity index (χ1v) is 5.76. The van der Waals surface area contributed by atoms with Gasteiger partial charge in [-0.3, -0.25) is 0 Å². The quantitative estimate of drug-likeness (QED) is 0.546. The minimum atomic E-state index is 0.468. The Morgan fingerprint density at radius 2 is 2.17 bits per heavy atom. The number of hydrogen-bond acceptors (Lipinski definition) is 0. The van der Waals surface area contributed by atoms with Gasteiger partial charge in [0, 0.05) is 5.38 Å². The van der Waals surface area contributed by atoms with Crippen LogP contribution in [0, 0.1) is 17.3 Å². The molecule has 0 radical (unpaired) electrons. The summed E-state index contributed by atoms with van der Waals surface area (Å²) in [5, 5.41) is 0.468. The number of fused-ring (bicyclic) bond motifs is 1. The highest BCUT2D eigenvalue weighted by molar-refractivity contribution is 6.21. The molecule has 0 N–H and O–H groups in total. The first-order valence-electron chi connectivity index (χ1n) is 5.32. The van der Waals surface area contributed by atoms with Crippen molar-refractivity contribution in [1.82, 2.24) is 0 Å². The van der Waals surface area contributed by atoms with Crippen LogP contribution in [0.3, 0.4) is 0 Å². The van der Waals surface area contributed by atoms with Crippen LogP contribution >= 0.6 is 11.6 Å². The maximum Gasteiger partial charge on any atom is 0.0420 e. The molecule has 2 aliphatic rings. The van der Waals surface area contributed by atoms with E-state index in [9.17, 15) is 0 Å². The summed E-state index contributed by atoms with van der Waals surface area (Å²) in [5.41, 5.74) is 0.527. The molecule has 0 heterocycles. The SMILES string of the molecule is CC[C@@H]1CCCC2CC2(C)C1Cl. The molecule has 0 amide bonds. The Kier molecular flexibility index (Phi) is 2.15. The number of alkyl halides is 1. The maximum atomic E-state index is 6.52. The molecular weight excluding hydrogens is 168 g/mol.